The molecule has 154 valence electrons. The summed E-state index contributed by atoms with van der Waals surface area (Å²) in [6, 6.07) is 10.3. The molecule has 0 spiro atoms. The van der Waals surface area contributed by atoms with Gasteiger partial charge in [-0.25, -0.2) is 14.9 Å². The minimum Gasteiger partial charge on any atom is -0.274 e. The van der Waals surface area contributed by atoms with E-state index in [2.05, 4.69) is 5.01 Å². The average Bonchev–Trinajstić information content (AvgIpc) is 3.36. The van der Waals surface area contributed by atoms with Crippen LogP contribution in [0.5, 0.6) is 0 Å². The number of hydrazine groups is 1. The van der Waals surface area contributed by atoms with Crippen LogP contribution in [0, 0.1) is 16.0 Å². The molecule has 5 rings (SSSR count). The Hall–Kier alpha value is -2.52. The van der Waals surface area contributed by atoms with E-state index >= 15 is 0 Å². The van der Waals surface area contributed by atoms with Gasteiger partial charge in [-0.1, -0.05) is 35.3 Å². The van der Waals surface area contributed by atoms with Crippen LogP contribution in [0.25, 0.3) is 0 Å². The first-order valence-corrected chi connectivity index (χ1v) is 10.2. The zero-order valence-corrected chi connectivity index (χ0v) is 17.1. The number of amides is 2. The summed E-state index contributed by atoms with van der Waals surface area (Å²) in [5, 5.41) is 15.9. The second-order valence-electron chi connectivity index (χ2n) is 7.55. The molecule has 30 heavy (non-hydrogen) atoms. The lowest BCUT2D eigenvalue weighted by atomic mass is 9.90. The predicted molar refractivity (Wildman–Crippen MR) is 110 cm³/mol. The Balaban J connectivity index is 1.58. The van der Waals surface area contributed by atoms with E-state index in [1.54, 1.807) is 12.1 Å². The lowest BCUT2D eigenvalue weighted by Gasteiger charge is -2.29. The molecular formula is C20H16Cl2N4O4. The maximum Gasteiger partial charge on any atom is 0.289 e. The van der Waals surface area contributed by atoms with E-state index in [-0.39, 0.29) is 34.3 Å². The minimum atomic E-state index is -0.629. The summed E-state index contributed by atoms with van der Waals surface area (Å²) < 4.78 is 0. The first-order chi connectivity index (χ1) is 14.4. The molecule has 2 amide bonds. The first-order valence-electron chi connectivity index (χ1n) is 9.49. The van der Waals surface area contributed by atoms with Crippen molar-refractivity contribution in [2.45, 2.75) is 18.5 Å². The van der Waals surface area contributed by atoms with Gasteiger partial charge in [0.15, 0.2) is 0 Å². The molecule has 3 heterocycles. The molecule has 3 aliphatic rings. The maximum absolute atomic E-state index is 13.5. The molecule has 0 bridgehead atoms. The monoisotopic (exact) mass is 446 g/mol. The summed E-state index contributed by atoms with van der Waals surface area (Å²) >= 11 is 11.9. The molecule has 3 saturated heterocycles. The number of carbonyl (C=O) groups is 2. The van der Waals surface area contributed by atoms with E-state index in [4.69, 9.17) is 23.2 Å². The normalized spacial score (nSPS) is 26.3. The third-order valence-electron chi connectivity index (χ3n) is 6.00. The van der Waals surface area contributed by atoms with Crippen molar-refractivity contribution in [2.75, 3.05) is 18.0 Å². The zero-order valence-electron chi connectivity index (χ0n) is 15.6. The molecule has 10 heteroatoms. The van der Waals surface area contributed by atoms with Gasteiger partial charge >= 0.3 is 0 Å². The van der Waals surface area contributed by atoms with Gasteiger partial charge in [0, 0.05) is 24.2 Å². The Morgan fingerprint density at radius 2 is 1.60 bits per heavy atom. The topological polar surface area (TPSA) is 87.0 Å². The average molecular weight is 447 g/mol. The molecular weight excluding hydrogens is 431 g/mol. The van der Waals surface area contributed by atoms with Crippen LogP contribution in [0.15, 0.2) is 42.5 Å². The van der Waals surface area contributed by atoms with Gasteiger partial charge in [0.05, 0.1) is 22.6 Å². The fraction of sp³-hybridized carbons (Fsp3) is 0.300. The van der Waals surface area contributed by atoms with Crippen LogP contribution in [-0.4, -0.2) is 45.9 Å². The van der Waals surface area contributed by atoms with Crippen LogP contribution < -0.4 is 4.90 Å². The summed E-state index contributed by atoms with van der Waals surface area (Å²) in [5.74, 6) is -1.34. The van der Waals surface area contributed by atoms with Gasteiger partial charge in [-0.2, -0.15) is 0 Å². The highest BCUT2D eigenvalue weighted by Gasteiger charge is 2.62. The lowest BCUT2D eigenvalue weighted by molar-refractivity contribution is -0.384. The number of hydrogen-bond acceptors (Lipinski definition) is 6. The number of halogens is 2. The number of imide groups is 1. The number of nitro benzene ring substituents is 1. The van der Waals surface area contributed by atoms with Gasteiger partial charge < -0.3 is 0 Å². The zero-order chi connectivity index (χ0) is 21.2. The molecule has 3 fully saturated rings. The van der Waals surface area contributed by atoms with Crippen molar-refractivity contribution in [3.8, 4) is 0 Å². The highest BCUT2D eigenvalue weighted by Crippen LogP contribution is 2.49. The van der Waals surface area contributed by atoms with E-state index in [0.29, 0.717) is 11.6 Å². The lowest BCUT2D eigenvalue weighted by Crippen LogP contribution is -2.44. The van der Waals surface area contributed by atoms with Crippen LogP contribution in [0.1, 0.15) is 18.0 Å². The number of nitrogens with zero attached hydrogens (tertiary/aromatic N) is 4. The Kier molecular flexibility index (Phi) is 4.55. The highest BCUT2D eigenvalue weighted by molar-refractivity contribution is 6.33. The van der Waals surface area contributed by atoms with E-state index in [0.717, 1.165) is 23.4 Å². The second-order valence-corrected chi connectivity index (χ2v) is 8.40. The number of rotatable bonds is 3. The molecule has 2 aromatic carbocycles. The minimum absolute atomic E-state index is 0.0483. The smallest absolute Gasteiger partial charge is 0.274 e. The Morgan fingerprint density at radius 1 is 0.933 bits per heavy atom. The van der Waals surface area contributed by atoms with Gasteiger partial charge in [-0.15, -0.1) is 0 Å². The fourth-order valence-corrected chi connectivity index (χ4v) is 5.12. The fourth-order valence-electron chi connectivity index (χ4n) is 4.81. The molecule has 0 N–H and O–H groups in total. The Bertz CT molecular complexity index is 1080. The van der Waals surface area contributed by atoms with Crippen LogP contribution in [0.3, 0.4) is 0 Å². The van der Waals surface area contributed by atoms with E-state index < -0.39 is 16.9 Å². The van der Waals surface area contributed by atoms with Crippen molar-refractivity contribution < 1.29 is 14.5 Å². The number of carbonyl (C=O) groups excluding carboxylic acids is 2. The van der Waals surface area contributed by atoms with Crippen molar-refractivity contribution in [2.24, 2.45) is 5.92 Å². The van der Waals surface area contributed by atoms with Crippen LogP contribution in [-0.2, 0) is 9.59 Å². The number of nitro groups is 1. The molecule has 8 nitrogen and oxygen atoms in total. The second kappa shape index (κ2) is 7.02. The molecule has 3 atom stereocenters. The predicted octanol–water partition coefficient (Wildman–Crippen LogP) is 3.44. The number of fused-ring (bicyclic) bond motifs is 3. The molecule has 0 saturated carbocycles. The summed E-state index contributed by atoms with van der Waals surface area (Å²) in [4.78, 5) is 38.5. The van der Waals surface area contributed by atoms with Crippen molar-refractivity contribution >= 4 is 46.4 Å². The van der Waals surface area contributed by atoms with Crippen LogP contribution in [0.2, 0.25) is 10.0 Å². The largest absolute Gasteiger partial charge is 0.289 e. The summed E-state index contributed by atoms with van der Waals surface area (Å²) in [6.07, 6.45) is 0.890. The molecule has 0 aliphatic carbocycles. The van der Waals surface area contributed by atoms with Gasteiger partial charge in [0.1, 0.15) is 11.1 Å². The standard InChI is InChI=1S/C20H16Cl2N4O4/c21-12-4-2-11(3-5-12)17-16-18(24-9-1-8-23(17)24)20(28)25(19(16)27)13-6-7-14(22)15(10-13)26(29)30/h2-7,10,16-18H,1,8-9H2/t16-,17+,18+/m1/s1. The maximum atomic E-state index is 13.5. The van der Waals surface area contributed by atoms with E-state index in [9.17, 15) is 19.7 Å². The van der Waals surface area contributed by atoms with E-state index in [1.165, 1.54) is 18.2 Å². The Labute approximate surface area is 181 Å². The van der Waals surface area contributed by atoms with Gasteiger partial charge in [-0.3, -0.25) is 19.7 Å². The van der Waals surface area contributed by atoms with Gasteiger partial charge in [0.25, 0.3) is 11.6 Å². The molecule has 2 aromatic rings. The highest BCUT2D eigenvalue weighted by atomic mass is 35.5. The molecule has 0 aromatic heterocycles. The molecule has 0 radical (unpaired) electrons. The summed E-state index contributed by atoms with van der Waals surface area (Å²) in [6.45, 7) is 1.44. The molecule has 0 unspecified atom stereocenters. The van der Waals surface area contributed by atoms with Crippen molar-refractivity contribution in [1.29, 1.82) is 0 Å². The summed E-state index contributed by atoms with van der Waals surface area (Å²) in [5.41, 5.74) is 0.726. The van der Waals surface area contributed by atoms with Crippen LogP contribution in [0.4, 0.5) is 11.4 Å². The first kappa shape index (κ1) is 19.4. The van der Waals surface area contributed by atoms with Crippen LogP contribution >= 0.6 is 23.2 Å². The molecule has 3 aliphatic heterocycles. The van der Waals surface area contributed by atoms with Crippen molar-refractivity contribution in [3.05, 3.63) is 68.2 Å². The van der Waals surface area contributed by atoms with E-state index in [1.807, 2.05) is 17.1 Å². The van der Waals surface area contributed by atoms with Gasteiger partial charge in [0.2, 0.25) is 5.91 Å². The third kappa shape index (κ3) is 2.75. The Morgan fingerprint density at radius 3 is 2.27 bits per heavy atom. The quantitative estimate of drug-likeness (QED) is 0.407. The number of hydrogen-bond donors (Lipinski definition) is 0. The number of benzene rings is 2. The number of anilines is 1. The SMILES string of the molecule is O=C1[C@H]2[C@@H](C(=O)N1c1ccc(Cl)c([N+](=O)[O-])c1)N1CCCN1[C@H]2c1ccc(Cl)cc1. The van der Waals surface area contributed by atoms with Crippen molar-refractivity contribution in [3.63, 3.8) is 0 Å². The van der Waals surface area contributed by atoms with Crippen molar-refractivity contribution in [1.82, 2.24) is 10.0 Å². The van der Waals surface area contributed by atoms with Gasteiger partial charge in [-0.05, 0) is 36.2 Å². The third-order valence-corrected chi connectivity index (χ3v) is 6.57. The summed E-state index contributed by atoms with van der Waals surface area (Å²) in [7, 11) is 0.